The van der Waals surface area contributed by atoms with Crippen molar-refractivity contribution < 1.29 is 9.47 Å². The molecule has 0 atom stereocenters. The lowest BCUT2D eigenvalue weighted by Gasteiger charge is -2.12. The minimum Gasteiger partial charge on any atom is -0.493 e. The first-order valence-corrected chi connectivity index (χ1v) is 5.46. The average molecular weight is 248 g/mol. The van der Waals surface area contributed by atoms with Crippen molar-refractivity contribution in [3.8, 4) is 22.9 Å². The number of methoxy groups -OCH3 is 2. The molecule has 1 heterocycles. The van der Waals surface area contributed by atoms with Crippen LogP contribution >= 0.6 is 0 Å². The van der Waals surface area contributed by atoms with Gasteiger partial charge in [-0.15, -0.1) is 10.2 Å². The largest absolute Gasteiger partial charge is 0.493 e. The summed E-state index contributed by atoms with van der Waals surface area (Å²) in [7, 11) is 5.05. The minimum atomic E-state index is 0.572. The first-order chi connectivity index (χ1) is 8.58. The molecule has 6 heteroatoms. The summed E-state index contributed by atoms with van der Waals surface area (Å²) in [6.45, 7) is 1.88. The molecule has 6 nitrogen and oxygen atoms in total. The van der Waals surface area contributed by atoms with Gasteiger partial charge in [-0.05, 0) is 13.0 Å². The third kappa shape index (κ3) is 1.85. The van der Waals surface area contributed by atoms with E-state index in [4.69, 9.17) is 15.2 Å². The van der Waals surface area contributed by atoms with Crippen LogP contribution in [0.2, 0.25) is 0 Å². The Hall–Kier alpha value is -2.24. The second-order valence-corrected chi connectivity index (χ2v) is 3.92. The predicted octanol–water partition coefficient (Wildman–Crippen LogP) is 1.39. The van der Waals surface area contributed by atoms with Gasteiger partial charge in [0.15, 0.2) is 17.3 Å². The molecule has 0 bridgehead atoms. The number of anilines is 1. The van der Waals surface area contributed by atoms with Gasteiger partial charge in [-0.3, -0.25) is 0 Å². The zero-order chi connectivity index (χ0) is 13.3. The number of nitrogens with zero attached hydrogens (tertiary/aromatic N) is 3. The highest BCUT2D eigenvalue weighted by atomic mass is 16.5. The summed E-state index contributed by atoms with van der Waals surface area (Å²) in [5, 5.41) is 8.13. The van der Waals surface area contributed by atoms with E-state index in [0.29, 0.717) is 23.0 Å². The van der Waals surface area contributed by atoms with Gasteiger partial charge in [0, 0.05) is 24.4 Å². The van der Waals surface area contributed by atoms with Crippen molar-refractivity contribution in [1.82, 2.24) is 14.8 Å². The van der Waals surface area contributed by atoms with E-state index in [2.05, 4.69) is 10.2 Å². The molecule has 0 radical (unpaired) electrons. The Morgan fingerprint density at radius 1 is 1.11 bits per heavy atom. The summed E-state index contributed by atoms with van der Waals surface area (Å²) < 4.78 is 12.3. The molecule has 0 unspecified atom stereocenters. The molecule has 0 spiro atoms. The van der Waals surface area contributed by atoms with Crippen LogP contribution in [0.3, 0.4) is 0 Å². The molecule has 0 fully saturated rings. The number of aryl methyl sites for hydroxylation is 1. The SMILES string of the molecule is COc1cc(N)c(-c2nnc(C)n2C)cc1OC. The van der Waals surface area contributed by atoms with E-state index in [1.807, 2.05) is 18.5 Å². The first kappa shape index (κ1) is 12.2. The van der Waals surface area contributed by atoms with Gasteiger partial charge in [-0.2, -0.15) is 0 Å². The topological polar surface area (TPSA) is 75.2 Å². The molecule has 0 saturated carbocycles. The summed E-state index contributed by atoms with van der Waals surface area (Å²) >= 11 is 0. The maximum atomic E-state index is 6.01. The Bertz CT molecular complexity index is 578. The van der Waals surface area contributed by atoms with E-state index in [0.717, 1.165) is 11.4 Å². The zero-order valence-corrected chi connectivity index (χ0v) is 10.9. The molecule has 2 N–H and O–H groups in total. The third-order valence-electron chi connectivity index (χ3n) is 2.89. The van der Waals surface area contributed by atoms with Gasteiger partial charge in [-0.1, -0.05) is 0 Å². The summed E-state index contributed by atoms with van der Waals surface area (Å²) in [4.78, 5) is 0. The summed E-state index contributed by atoms with van der Waals surface area (Å²) in [5.41, 5.74) is 7.36. The molecule has 1 aromatic heterocycles. The Kier molecular flexibility index (Phi) is 3.10. The Labute approximate surface area is 105 Å². The van der Waals surface area contributed by atoms with E-state index in [1.54, 1.807) is 26.4 Å². The monoisotopic (exact) mass is 248 g/mol. The number of rotatable bonds is 3. The number of ether oxygens (including phenoxy) is 2. The van der Waals surface area contributed by atoms with Crippen LogP contribution in [0, 0.1) is 6.92 Å². The Balaban J connectivity index is 2.61. The van der Waals surface area contributed by atoms with E-state index in [1.165, 1.54) is 0 Å². The lowest BCUT2D eigenvalue weighted by molar-refractivity contribution is 0.355. The Morgan fingerprint density at radius 3 is 2.22 bits per heavy atom. The number of hydrogen-bond acceptors (Lipinski definition) is 5. The maximum absolute atomic E-state index is 6.01. The highest BCUT2D eigenvalue weighted by molar-refractivity contribution is 5.76. The van der Waals surface area contributed by atoms with Crippen LogP contribution in [0.4, 0.5) is 5.69 Å². The molecule has 96 valence electrons. The second-order valence-electron chi connectivity index (χ2n) is 3.92. The lowest BCUT2D eigenvalue weighted by Crippen LogP contribution is -2.00. The van der Waals surface area contributed by atoms with Crippen molar-refractivity contribution in [1.29, 1.82) is 0 Å². The van der Waals surface area contributed by atoms with Crippen LogP contribution in [0.5, 0.6) is 11.5 Å². The van der Waals surface area contributed by atoms with Gasteiger partial charge < -0.3 is 19.8 Å². The van der Waals surface area contributed by atoms with Crippen LogP contribution in [-0.4, -0.2) is 29.0 Å². The van der Waals surface area contributed by atoms with Gasteiger partial charge >= 0.3 is 0 Å². The Morgan fingerprint density at radius 2 is 1.72 bits per heavy atom. The number of nitrogens with two attached hydrogens (primary N) is 1. The summed E-state index contributed by atoms with van der Waals surface area (Å²) in [6.07, 6.45) is 0. The quantitative estimate of drug-likeness (QED) is 0.831. The fourth-order valence-electron chi connectivity index (χ4n) is 1.73. The molecular formula is C12H16N4O2. The van der Waals surface area contributed by atoms with Crippen LogP contribution in [-0.2, 0) is 7.05 Å². The fourth-order valence-corrected chi connectivity index (χ4v) is 1.73. The van der Waals surface area contributed by atoms with Crippen LogP contribution in [0.25, 0.3) is 11.4 Å². The van der Waals surface area contributed by atoms with E-state index < -0.39 is 0 Å². The predicted molar refractivity (Wildman–Crippen MR) is 68.7 cm³/mol. The van der Waals surface area contributed by atoms with Crippen LogP contribution in [0.1, 0.15) is 5.82 Å². The van der Waals surface area contributed by atoms with E-state index in [-0.39, 0.29) is 0 Å². The molecule has 18 heavy (non-hydrogen) atoms. The summed E-state index contributed by atoms with van der Waals surface area (Å²) in [6, 6.07) is 3.52. The molecule has 0 aliphatic rings. The standard InChI is InChI=1S/C12H16N4O2/c1-7-14-15-12(16(7)2)8-5-10(17-3)11(18-4)6-9(8)13/h5-6H,13H2,1-4H3. The van der Waals surface area contributed by atoms with Crippen LogP contribution in [0.15, 0.2) is 12.1 Å². The van der Waals surface area contributed by atoms with Crippen molar-refractivity contribution in [3.63, 3.8) is 0 Å². The molecule has 2 aromatic rings. The number of aromatic nitrogens is 3. The summed E-state index contributed by atoms with van der Waals surface area (Å²) in [5.74, 6) is 2.73. The third-order valence-corrected chi connectivity index (χ3v) is 2.89. The van der Waals surface area contributed by atoms with Crippen molar-refractivity contribution >= 4 is 5.69 Å². The van der Waals surface area contributed by atoms with Crippen molar-refractivity contribution in [2.24, 2.45) is 7.05 Å². The number of benzene rings is 1. The van der Waals surface area contributed by atoms with E-state index in [9.17, 15) is 0 Å². The van der Waals surface area contributed by atoms with Gasteiger partial charge in [-0.25, -0.2) is 0 Å². The molecule has 2 rings (SSSR count). The maximum Gasteiger partial charge on any atom is 0.165 e. The molecule has 0 aliphatic heterocycles. The normalized spacial score (nSPS) is 10.4. The molecule has 0 aliphatic carbocycles. The number of nitrogen functional groups attached to an aromatic ring is 1. The van der Waals surface area contributed by atoms with Crippen molar-refractivity contribution in [2.75, 3.05) is 20.0 Å². The minimum absolute atomic E-state index is 0.572. The molecule has 0 amide bonds. The lowest BCUT2D eigenvalue weighted by atomic mass is 10.1. The smallest absolute Gasteiger partial charge is 0.165 e. The molecular weight excluding hydrogens is 232 g/mol. The zero-order valence-electron chi connectivity index (χ0n) is 10.9. The van der Waals surface area contributed by atoms with E-state index >= 15 is 0 Å². The van der Waals surface area contributed by atoms with Gasteiger partial charge in [0.25, 0.3) is 0 Å². The molecule has 0 saturated heterocycles. The first-order valence-electron chi connectivity index (χ1n) is 5.46. The molecule has 1 aromatic carbocycles. The van der Waals surface area contributed by atoms with Gasteiger partial charge in [0.2, 0.25) is 0 Å². The van der Waals surface area contributed by atoms with Gasteiger partial charge in [0.05, 0.1) is 14.2 Å². The number of hydrogen-bond donors (Lipinski definition) is 1. The fraction of sp³-hybridized carbons (Fsp3) is 0.333. The average Bonchev–Trinajstić information content (AvgIpc) is 2.70. The van der Waals surface area contributed by atoms with Gasteiger partial charge in [0.1, 0.15) is 5.82 Å². The van der Waals surface area contributed by atoms with Crippen LogP contribution < -0.4 is 15.2 Å². The highest BCUT2D eigenvalue weighted by Crippen LogP contribution is 2.36. The van der Waals surface area contributed by atoms with Crippen molar-refractivity contribution in [2.45, 2.75) is 6.92 Å². The van der Waals surface area contributed by atoms with Crippen molar-refractivity contribution in [3.05, 3.63) is 18.0 Å². The second kappa shape index (κ2) is 4.56. The highest BCUT2D eigenvalue weighted by Gasteiger charge is 2.15.